The summed E-state index contributed by atoms with van der Waals surface area (Å²) in [5.41, 5.74) is 2.15. The summed E-state index contributed by atoms with van der Waals surface area (Å²) in [6.07, 6.45) is 3.78. The number of fused-ring (bicyclic) bond motifs is 3. The fourth-order valence-electron chi connectivity index (χ4n) is 3.24. The quantitative estimate of drug-likeness (QED) is 0.300. The van der Waals surface area contributed by atoms with E-state index >= 15 is 0 Å². The van der Waals surface area contributed by atoms with Gasteiger partial charge in [0.15, 0.2) is 0 Å². The molecule has 0 saturated heterocycles. The molecule has 0 radical (unpaired) electrons. The van der Waals surface area contributed by atoms with Crippen molar-refractivity contribution in [2.75, 3.05) is 0 Å². The Hall–Kier alpha value is -2.74. The number of benzene rings is 3. The molecule has 0 atom stereocenters. The molecule has 0 bridgehead atoms. The van der Waals surface area contributed by atoms with Crippen molar-refractivity contribution in [1.29, 1.82) is 0 Å². The minimum Gasteiger partial charge on any atom is -0.256 e. The van der Waals surface area contributed by atoms with Crippen molar-refractivity contribution in [3.63, 3.8) is 0 Å². The molecule has 2 heteroatoms. The molecule has 0 fully saturated rings. The van der Waals surface area contributed by atoms with Crippen LogP contribution in [0.4, 0.5) is 0 Å². The molecule has 20 heavy (non-hydrogen) atoms. The van der Waals surface area contributed by atoms with Crippen LogP contribution in [-0.2, 0) is 0 Å². The van der Waals surface area contributed by atoms with Crippen LogP contribution >= 0.6 is 0 Å². The van der Waals surface area contributed by atoms with E-state index in [9.17, 15) is 0 Å². The van der Waals surface area contributed by atoms with Gasteiger partial charge in [-0.05, 0) is 22.9 Å². The fraction of sp³-hybridized carbons (Fsp3) is 0. The standard InChI is InChI=1S/C18H10N2/c1-2-4-14-13(3-1)17-15-11(7-9-19-17)5-6-12-8-10-20-18(14)16(12)15/h1-10H. The van der Waals surface area contributed by atoms with Crippen LogP contribution in [0.1, 0.15) is 0 Å². The van der Waals surface area contributed by atoms with Crippen molar-refractivity contribution in [1.82, 2.24) is 9.97 Å². The van der Waals surface area contributed by atoms with Crippen molar-refractivity contribution in [3.8, 4) is 0 Å². The smallest absolute Gasteiger partial charge is 0.0794 e. The van der Waals surface area contributed by atoms with Crippen LogP contribution in [0, 0.1) is 0 Å². The second-order valence-corrected chi connectivity index (χ2v) is 5.13. The first-order valence-corrected chi connectivity index (χ1v) is 6.70. The third-order valence-electron chi connectivity index (χ3n) is 4.10. The Morgan fingerprint density at radius 1 is 0.550 bits per heavy atom. The Bertz CT molecular complexity index is 1010. The number of hydrogen-bond acceptors (Lipinski definition) is 2. The van der Waals surface area contributed by atoms with Crippen molar-refractivity contribution < 1.29 is 0 Å². The normalized spacial score (nSPS) is 12.0. The van der Waals surface area contributed by atoms with E-state index in [0.29, 0.717) is 0 Å². The molecule has 5 rings (SSSR count). The molecule has 0 N–H and O–H groups in total. The van der Waals surface area contributed by atoms with E-state index in [1.807, 2.05) is 12.4 Å². The number of aromatic nitrogens is 2. The predicted molar refractivity (Wildman–Crippen MR) is 83.2 cm³/mol. The van der Waals surface area contributed by atoms with Crippen LogP contribution in [0.25, 0.3) is 43.4 Å². The highest BCUT2D eigenvalue weighted by Crippen LogP contribution is 2.38. The Morgan fingerprint density at radius 2 is 1.05 bits per heavy atom. The van der Waals surface area contributed by atoms with Crippen LogP contribution < -0.4 is 0 Å². The zero-order valence-corrected chi connectivity index (χ0v) is 10.7. The Balaban J connectivity index is 2.33. The minimum atomic E-state index is 1.07. The lowest BCUT2D eigenvalue weighted by atomic mass is 9.95. The van der Waals surface area contributed by atoms with E-state index in [2.05, 4.69) is 58.5 Å². The van der Waals surface area contributed by atoms with E-state index in [1.165, 1.54) is 32.3 Å². The summed E-state index contributed by atoms with van der Waals surface area (Å²) in [5.74, 6) is 0. The Labute approximate surface area is 115 Å². The van der Waals surface area contributed by atoms with E-state index in [1.54, 1.807) is 0 Å². The van der Waals surface area contributed by atoms with Gasteiger partial charge in [-0.1, -0.05) is 36.4 Å². The molecular weight excluding hydrogens is 244 g/mol. The summed E-state index contributed by atoms with van der Waals surface area (Å²) in [6.45, 7) is 0. The van der Waals surface area contributed by atoms with E-state index in [4.69, 9.17) is 0 Å². The second-order valence-electron chi connectivity index (χ2n) is 5.13. The first-order valence-electron chi connectivity index (χ1n) is 6.70. The van der Waals surface area contributed by atoms with E-state index in [0.717, 1.165) is 11.0 Å². The SMILES string of the molecule is c1ccc2c(c1)c1nccc3ccc4ccnc2c4c31. The van der Waals surface area contributed by atoms with Crippen LogP contribution in [0.5, 0.6) is 0 Å². The molecule has 2 aromatic heterocycles. The van der Waals surface area contributed by atoms with Crippen LogP contribution in [0.2, 0.25) is 0 Å². The molecule has 2 nitrogen and oxygen atoms in total. The zero-order valence-electron chi connectivity index (χ0n) is 10.7. The summed E-state index contributed by atoms with van der Waals surface area (Å²) >= 11 is 0. The van der Waals surface area contributed by atoms with E-state index in [-0.39, 0.29) is 0 Å². The predicted octanol–water partition coefficient (Wildman–Crippen LogP) is 4.53. The van der Waals surface area contributed by atoms with Crippen LogP contribution in [0.3, 0.4) is 0 Å². The monoisotopic (exact) mass is 254 g/mol. The number of hydrogen-bond donors (Lipinski definition) is 0. The van der Waals surface area contributed by atoms with Crippen molar-refractivity contribution >= 4 is 43.4 Å². The van der Waals surface area contributed by atoms with E-state index < -0.39 is 0 Å². The molecule has 92 valence electrons. The van der Waals surface area contributed by atoms with Gasteiger partial charge in [0.1, 0.15) is 0 Å². The molecule has 0 aliphatic rings. The topological polar surface area (TPSA) is 25.8 Å². The highest BCUT2D eigenvalue weighted by Gasteiger charge is 2.13. The maximum absolute atomic E-state index is 4.63. The molecule has 2 heterocycles. The largest absolute Gasteiger partial charge is 0.256 e. The van der Waals surface area contributed by atoms with Crippen molar-refractivity contribution in [2.45, 2.75) is 0 Å². The third kappa shape index (κ3) is 1.09. The molecule has 0 saturated carbocycles. The number of rotatable bonds is 0. The van der Waals surface area contributed by atoms with Gasteiger partial charge in [0.2, 0.25) is 0 Å². The van der Waals surface area contributed by atoms with Gasteiger partial charge < -0.3 is 0 Å². The summed E-state index contributed by atoms with van der Waals surface area (Å²) in [7, 11) is 0. The van der Waals surface area contributed by atoms with Crippen molar-refractivity contribution in [3.05, 3.63) is 60.9 Å². The second kappa shape index (κ2) is 3.42. The summed E-state index contributed by atoms with van der Waals surface area (Å²) in [5, 5.41) is 7.27. The first-order chi connectivity index (χ1) is 9.93. The van der Waals surface area contributed by atoms with Crippen LogP contribution in [0.15, 0.2) is 60.9 Å². The van der Waals surface area contributed by atoms with Gasteiger partial charge in [0, 0.05) is 33.9 Å². The molecule has 5 aromatic rings. The van der Waals surface area contributed by atoms with Crippen LogP contribution in [-0.4, -0.2) is 9.97 Å². The molecule has 0 aliphatic carbocycles. The van der Waals surface area contributed by atoms with Crippen molar-refractivity contribution in [2.24, 2.45) is 0 Å². The number of nitrogens with zero attached hydrogens (tertiary/aromatic N) is 2. The average molecular weight is 254 g/mol. The summed E-state index contributed by atoms with van der Waals surface area (Å²) in [4.78, 5) is 9.27. The Kier molecular flexibility index (Phi) is 1.73. The third-order valence-corrected chi connectivity index (χ3v) is 4.10. The van der Waals surface area contributed by atoms with Gasteiger partial charge in [0.05, 0.1) is 11.0 Å². The summed E-state index contributed by atoms with van der Waals surface area (Å²) in [6, 6.07) is 16.9. The molecule has 0 amide bonds. The maximum Gasteiger partial charge on any atom is 0.0794 e. The highest BCUT2D eigenvalue weighted by atomic mass is 14.7. The Morgan fingerprint density at radius 3 is 1.55 bits per heavy atom. The lowest BCUT2D eigenvalue weighted by Gasteiger charge is -2.12. The van der Waals surface area contributed by atoms with Gasteiger partial charge in [-0.2, -0.15) is 0 Å². The minimum absolute atomic E-state index is 1.07. The summed E-state index contributed by atoms with van der Waals surface area (Å²) < 4.78 is 0. The number of pyridine rings is 2. The first kappa shape index (κ1) is 10.1. The molecule has 0 unspecified atom stereocenters. The van der Waals surface area contributed by atoms with Gasteiger partial charge in [0.25, 0.3) is 0 Å². The molecular formula is C18H10N2. The van der Waals surface area contributed by atoms with Gasteiger partial charge in [-0.3, -0.25) is 9.97 Å². The van der Waals surface area contributed by atoms with Gasteiger partial charge >= 0.3 is 0 Å². The fourth-order valence-corrected chi connectivity index (χ4v) is 3.24. The molecule has 3 aromatic carbocycles. The van der Waals surface area contributed by atoms with Gasteiger partial charge in [-0.25, -0.2) is 0 Å². The average Bonchev–Trinajstić information content (AvgIpc) is 2.53. The lowest BCUT2D eigenvalue weighted by Crippen LogP contribution is -1.90. The highest BCUT2D eigenvalue weighted by molar-refractivity contribution is 6.31. The van der Waals surface area contributed by atoms with Gasteiger partial charge in [-0.15, -0.1) is 0 Å². The lowest BCUT2D eigenvalue weighted by molar-refractivity contribution is 1.42. The molecule has 0 aliphatic heterocycles. The maximum atomic E-state index is 4.63. The molecule has 0 spiro atoms. The zero-order chi connectivity index (χ0) is 13.1.